The Hall–Kier alpha value is -0.890. The number of halogens is 1. The summed E-state index contributed by atoms with van der Waals surface area (Å²) >= 11 is 0. The molecule has 0 amide bonds. The number of benzene rings is 1. The zero-order chi connectivity index (χ0) is 8.97. The summed E-state index contributed by atoms with van der Waals surface area (Å²) in [5.41, 5.74) is 6.30. The Bertz CT molecular complexity index is 235. The molecule has 1 atom stereocenters. The Morgan fingerprint density at radius 1 is 1.31 bits per heavy atom. The first kappa shape index (κ1) is 12.1. The Morgan fingerprint density at radius 2 is 1.85 bits per heavy atom. The number of ether oxygens (including phenoxy) is 1. The third-order valence-electron chi connectivity index (χ3n) is 1.79. The summed E-state index contributed by atoms with van der Waals surface area (Å²) in [5.74, 6) is 0.888. The molecule has 0 bridgehead atoms. The minimum atomic E-state index is 0. The van der Waals surface area contributed by atoms with E-state index in [0.717, 1.165) is 17.9 Å². The average Bonchev–Trinajstić information content (AvgIpc) is 2.09. The van der Waals surface area contributed by atoms with Gasteiger partial charge in [0.25, 0.3) is 0 Å². The van der Waals surface area contributed by atoms with Gasteiger partial charge in [0, 0.05) is 5.69 Å². The third-order valence-corrected chi connectivity index (χ3v) is 1.79. The topological polar surface area (TPSA) is 35.2 Å². The minimum Gasteiger partial charge on any atom is -0.491 e. The predicted molar refractivity (Wildman–Crippen MR) is 58.5 cm³/mol. The monoisotopic (exact) mass is 201 g/mol. The summed E-state index contributed by atoms with van der Waals surface area (Å²) in [6, 6.07) is 7.47. The fourth-order valence-corrected chi connectivity index (χ4v) is 0.862. The second-order valence-electron chi connectivity index (χ2n) is 2.91. The lowest BCUT2D eigenvalue weighted by molar-refractivity contribution is 0.217. The molecule has 1 unspecified atom stereocenters. The molecule has 0 aliphatic carbocycles. The quantitative estimate of drug-likeness (QED) is 0.764. The van der Waals surface area contributed by atoms with Gasteiger partial charge in [-0.05, 0) is 37.6 Å². The molecule has 0 aliphatic rings. The lowest BCUT2D eigenvalue weighted by atomic mass is 10.3. The van der Waals surface area contributed by atoms with Gasteiger partial charge in [0.15, 0.2) is 0 Å². The van der Waals surface area contributed by atoms with Gasteiger partial charge in [-0.2, -0.15) is 0 Å². The van der Waals surface area contributed by atoms with Crippen LogP contribution in [0.4, 0.5) is 5.69 Å². The molecule has 13 heavy (non-hydrogen) atoms. The van der Waals surface area contributed by atoms with E-state index in [2.05, 4.69) is 13.8 Å². The van der Waals surface area contributed by atoms with Crippen LogP contribution in [-0.2, 0) is 0 Å². The first-order valence-electron chi connectivity index (χ1n) is 4.24. The highest BCUT2D eigenvalue weighted by molar-refractivity contribution is 5.85. The van der Waals surface area contributed by atoms with Crippen LogP contribution in [0.5, 0.6) is 5.75 Å². The lowest BCUT2D eigenvalue weighted by Gasteiger charge is -2.11. The maximum atomic E-state index is 5.56. The zero-order valence-electron chi connectivity index (χ0n) is 7.99. The summed E-state index contributed by atoms with van der Waals surface area (Å²) in [5, 5.41) is 0. The van der Waals surface area contributed by atoms with Crippen molar-refractivity contribution in [2.45, 2.75) is 26.4 Å². The van der Waals surface area contributed by atoms with Crippen molar-refractivity contribution in [1.29, 1.82) is 0 Å². The molecule has 74 valence electrons. The normalized spacial score (nSPS) is 11.5. The highest BCUT2D eigenvalue weighted by Crippen LogP contribution is 2.15. The molecule has 2 N–H and O–H groups in total. The van der Waals surface area contributed by atoms with E-state index in [1.807, 2.05) is 24.3 Å². The van der Waals surface area contributed by atoms with Crippen LogP contribution in [0.3, 0.4) is 0 Å². The molecule has 2 nitrogen and oxygen atoms in total. The van der Waals surface area contributed by atoms with Gasteiger partial charge in [0.05, 0.1) is 6.10 Å². The minimum absolute atomic E-state index is 0. The van der Waals surface area contributed by atoms with Crippen molar-refractivity contribution in [3.05, 3.63) is 24.3 Å². The summed E-state index contributed by atoms with van der Waals surface area (Å²) in [7, 11) is 0. The summed E-state index contributed by atoms with van der Waals surface area (Å²) in [6.45, 7) is 4.15. The fraction of sp³-hybridized carbons (Fsp3) is 0.400. The smallest absolute Gasteiger partial charge is 0.119 e. The lowest BCUT2D eigenvalue weighted by Crippen LogP contribution is -2.09. The van der Waals surface area contributed by atoms with Crippen LogP contribution in [0.15, 0.2) is 24.3 Å². The van der Waals surface area contributed by atoms with Gasteiger partial charge in [-0.1, -0.05) is 6.92 Å². The molecular formula is C10H16ClNO. The second-order valence-corrected chi connectivity index (χ2v) is 2.91. The molecule has 3 heteroatoms. The highest BCUT2D eigenvalue weighted by atomic mass is 35.5. The highest BCUT2D eigenvalue weighted by Gasteiger charge is 1.99. The van der Waals surface area contributed by atoms with Crippen LogP contribution < -0.4 is 10.5 Å². The number of rotatable bonds is 3. The van der Waals surface area contributed by atoms with Crippen LogP contribution in [0.2, 0.25) is 0 Å². The van der Waals surface area contributed by atoms with Crippen LogP contribution in [0.1, 0.15) is 20.3 Å². The van der Waals surface area contributed by atoms with E-state index in [9.17, 15) is 0 Å². The van der Waals surface area contributed by atoms with Crippen LogP contribution in [0, 0.1) is 0 Å². The Kier molecular flexibility index (Phi) is 5.31. The molecule has 0 aliphatic heterocycles. The van der Waals surface area contributed by atoms with E-state index >= 15 is 0 Å². The van der Waals surface area contributed by atoms with Gasteiger partial charge in [0.1, 0.15) is 5.75 Å². The summed E-state index contributed by atoms with van der Waals surface area (Å²) < 4.78 is 5.56. The predicted octanol–water partition coefficient (Wildman–Crippen LogP) is 2.87. The maximum absolute atomic E-state index is 5.56. The van der Waals surface area contributed by atoms with E-state index < -0.39 is 0 Å². The van der Waals surface area contributed by atoms with E-state index in [1.165, 1.54) is 0 Å². The van der Waals surface area contributed by atoms with E-state index in [1.54, 1.807) is 0 Å². The summed E-state index contributed by atoms with van der Waals surface area (Å²) in [6.07, 6.45) is 1.29. The standard InChI is InChI=1S/C10H15NO.ClH/c1-3-8(2)12-10-6-4-9(11)5-7-10;/h4-8H,3,11H2,1-2H3;1H. The van der Waals surface area contributed by atoms with Crippen LogP contribution >= 0.6 is 12.4 Å². The zero-order valence-corrected chi connectivity index (χ0v) is 8.80. The molecule has 1 aromatic rings. The first-order chi connectivity index (χ1) is 5.72. The van der Waals surface area contributed by atoms with Crippen molar-refractivity contribution in [2.24, 2.45) is 0 Å². The molecule has 0 spiro atoms. The van der Waals surface area contributed by atoms with E-state index in [4.69, 9.17) is 10.5 Å². The van der Waals surface area contributed by atoms with Crippen molar-refractivity contribution in [2.75, 3.05) is 5.73 Å². The van der Waals surface area contributed by atoms with Crippen molar-refractivity contribution < 1.29 is 4.74 Å². The van der Waals surface area contributed by atoms with Crippen molar-refractivity contribution in [3.8, 4) is 5.75 Å². The molecule has 0 saturated heterocycles. The first-order valence-corrected chi connectivity index (χ1v) is 4.24. The third kappa shape index (κ3) is 4.04. The number of nitrogens with two attached hydrogens (primary N) is 1. The Labute approximate surface area is 85.5 Å². The molecule has 1 aromatic carbocycles. The molecule has 0 radical (unpaired) electrons. The fourth-order valence-electron chi connectivity index (χ4n) is 0.862. The Morgan fingerprint density at radius 3 is 2.31 bits per heavy atom. The average molecular weight is 202 g/mol. The van der Waals surface area contributed by atoms with Gasteiger partial charge in [-0.25, -0.2) is 0 Å². The second kappa shape index (κ2) is 5.70. The van der Waals surface area contributed by atoms with Gasteiger partial charge < -0.3 is 10.5 Å². The van der Waals surface area contributed by atoms with Gasteiger partial charge in [-0.15, -0.1) is 12.4 Å². The van der Waals surface area contributed by atoms with Crippen molar-refractivity contribution in [3.63, 3.8) is 0 Å². The largest absolute Gasteiger partial charge is 0.491 e. The summed E-state index contributed by atoms with van der Waals surface area (Å²) in [4.78, 5) is 0. The van der Waals surface area contributed by atoms with Crippen LogP contribution in [-0.4, -0.2) is 6.10 Å². The Balaban J connectivity index is 0.00000144. The van der Waals surface area contributed by atoms with Gasteiger partial charge in [0.2, 0.25) is 0 Å². The SMILES string of the molecule is CCC(C)Oc1ccc(N)cc1.Cl. The number of anilines is 1. The molecule has 1 rings (SSSR count). The van der Waals surface area contributed by atoms with Crippen molar-refractivity contribution >= 4 is 18.1 Å². The number of hydrogen-bond acceptors (Lipinski definition) is 2. The van der Waals surface area contributed by atoms with Crippen molar-refractivity contribution in [1.82, 2.24) is 0 Å². The molecular weight excluding hydrogens is 186 g/mol. The number of hydrogen-bond donors (Lipinski definition) is 1. The molecule has 0 heterocycles. The molecule has 0 aromatic heterocycles. The van der Waals surface area contributed by atoms with E-state index in [-0.39, 0.29) is 18.5 Å². The van der Waals surface area contributed by atoms with Crippen LogP contribution in [0.25, 0.3) is 0 Å². The molecule has 0 saturated carbocycles. The number of nitrogen functional groups attached to an aromatic ring is 1. The van der Waals surface area contributed by atoms with E-state index in [0.29, 0.717) is 0 Å². The molecule has 0 fully saturated rings. The van der Waals surface area contributed by atoms with Gasteiger partial charge in [-0.3, -0.25) is 0 Å². The van der Waals surface area contributed by atoms with Gasteiger partial charge >= 0.3 is 0 Å². The maximum Gasteiger partial charge on any atom is 0.119 e.